The lowest BCUT2D eigenvalue weighted by Gasteiger charge is -2.12. The van der Waals surface area contributed by atoms with Crippen molar-refractivity contribution in [2.24, 2.45) is 0 Å². The third-order valence-electron chi connectivity index (χ3n) is 2.43. The summed E-state index contributed by atoms with van der Waals surface area (Å²) in [4.78, 5) is 18.8. The number of aromatic amines is 1. The molecule has 0 aliphatic rings. The Morgan fingerprint density at radius 3 is 2.94 bits per heavy atom. The molecule has 5 nitrogen and oxygen atoms in total. The molecule has 5 heteroatoms. The molecule has 1 amide bonds. The molecule has 0 saturated heterocycles. The molecule has 88 valence electrons. The minimum atomic E-state index is -0.195. The number of nitrogens with one attached hydrogen (secondary N) is 2. The minimum absolute atomic E-state index is 0.145. The zero-order valence-electron chi connectivity index (χ0n) is 9.47. The molecule has 0 aromatic carbocycles. The molecule has 2 aromatic rings. The highest BCUT2D eigenvalue weighted by Gasteiger charge is 2.13. The van der Waals surface area contributed by atoms with Crippen LogP contribution in [-0.4, -0.2) is 15.9 Å². The number of nitrogen functional groups attached to an aromatic ring is 1. The number of hydrogen-bond donors (Lipinski definition) is 3. The summed E-state index contributed by atoms with van der Waals surface area (Å²) in [6.45, 7) is 1.88. The highest BCUT2D eigenvalue weighted by Crippen LogP contribution is 2.10. The number of anilines is 1. The van der Waals surface area contributed by atoms with E-state index >= 15 is 0 Å². The number of pyridine rings is 1. The first-order valence-corrected chi connectivity index (χ1v) is 5.32. The third-order valence-corrected chi connectivity index (χ3v) is 2.43. The average molecular weight is 230 g/mol. The molecule has 17 heavy (non-hydrogen) atoms. The van der Waals surface area contributed by atoms with E-state index in [1.54, 1.807) is 18.5 Å². The molecular weight excluding hydrogens is 216 g/mol. The number of carbonyl (C=O) groups excluding carboxylic acids is 1. The van der Waals surface area contributed by atoms with Crippen molar-refractivity contribution in [2.45, 2.75) is 13.0 Å². The monoisotopic (exact) mass is 230 g/mol. The maximum Gasteiger partial charge on any atom is 0.268 e. The molecule has 0 bridgehead atoms. The van der Waals surface area contributed by atoms with Crippen molar-refractivity contribution in [3.63, 3.8) is 0 Å². The van der Waals surface area contributed by atoms with Crippen LogP contribution in [0.2, 0.25) is 0 Å². The largest absolute Gasteiger partial charge is 0.397 e. The van der Waals surface area contributed by atoms with Gasteiger partial charge in [-0.15, -0.1) is 0 Å². The van der Waals surface area contributed by atoms with Crippen LogP contribution in [-0.2, 0) is 0 Å². The van der Waals surface area contributed by atoms with Crippen LogP contribution < -0.4 is 11.1 Å². The Labute approximate surface area is 99.1 Å². The van der Waals surface area contributed by atoms with E-state index in [0.717, 1.165) is 5.69 Å². The van der Waals surface area contributed by atoms with Crippen molar-refractivity contribution in [2.75, 3.05) is 5.73 Å². The van der Waals surface area contributed by atoms with Crippen LogP contribution in [0.1, 0.15) is 29.1 Å². The molecule has 0 spiro atoms. The first kappa shape index (κ1) is 11.2. The van der Waals surface area contributed by atoms with Crippen molar-refractivity contribution in [3.8, 4) is 0 Å². The summed E-state index contributed by atoms with van der Waals surface area (Å²) in [5, 5.41) is 2.84. The highest BCUT2D eigenvalue weighted by molar-refractivity contribution is 5.93. The van der Waals surface area contributed by atoms with Gasteiger partial charge in [0.05, 0.1) is 11.7 Å². The molecule has 1 atom stereocenters. The average Bonchev–Trinajstić information content (AvgIpc) is 2.77. The van der Waals surface area contributed by atoms with Crippen molar-refractivity contribution < 1.29 is 4.79 Å². The second kappa shape index (κ2) is 4.69. The number of hydrogen-bond acceptors (Lipinski definition) is 3. The van der Waals surface area contributed by atoms with Gasteiger partial charge in [-0.3, -0.25) is 9.78 Å². The Bertz CT molecular complexity index is 506. The molecular formula is C12H14N4O. The van der Waals surface area contributed by atoms with Gasteiger partial charge in [0, 0.05) is 18.1 Å². The number of amides is 1. The van der Waals surface area contributed by atoms with Gasteiger partial charge in [0.15, 0.2) is 0 Å². The van der Waals surface area contributed by atoms with E-state index in [0.29, 0.717) is 11.4 Å². The second-order valence-electron chi connectivity index (χ2n) is 3.80. The number of carbonyl (C=O) groups is 1. The zero-order valence-corrected chi connectivity index (χ0v) is 9.47. The summed E-state index contributed by atoms with van der Waals surface area (Å²) in [7, 11) is 0. The number of rotatable bonds is 3. The van der Waals surface area contributed by atoms with E-state index in [4.69, 9.17) is 5.73 Å². The molecule has 4 N–H and O–H groups in total. The Kier molecular flexibility index (Phi) is 3.09. The van der Waals surface area contributed by atoms with Gasteiger partial charge in [0.1, 0.15) is 5.69 Å². The van der Waals surface area contributed by atoms with Crippen LogP contribution in [0.5, 0.6) is 0 Å². The van der Waals surface area contributed by atoms with Gasteiger partial charge in [-0.2, -0.15) is 0 Å². The van der Waals surface area contributed by atoms with E-state index in [1.807, 2.05) is 25.1 Å². The number of nitrogens with zero attached hydrogens (tertiary/aromatic N) is 1. The topological polar surface area (TPSA) is 83.8 Å². The van der Waals surface area contributed by atoms with Crippen LogP contribution in [0.4, 0.5) is 5.69 Å². The maximum absolute atomic E-state index is 11.8. The first-order chi connectivity index (χ1) is 8.16. The normalized spacial score (nSPS) is 12.1. The Balaban J connectivity index is 2.04. The van der Waals surface area contributed by atoms with Gasteiger partial charge in [-0.05, 0) is 25.1 Å². The van der Waals surface area contributed by atoms with E-state index in [2.05, 4.69) is 15.3 Å². The zero-order chi connectivity index (χ0) is 12.3. The molecule has 2 rings (SSSR count). The summed E-state index contributed by atoms with van der Waals surface area (Å²) in [6, 6.07) is 7.05. The van der Waals surface area contributed by atoms with Gasteiger partial charge in [-0.1, -0.05) is 6.07 Å². The van der Waals surface area contributed by atoms with Crippen LogP contribution >= 0.6 is 0 Å². The first-order valence-electron chi connectivity index (χ1n) is 5.32. The molecule has 0 radical (unpaired) electrons. The Morgan fingerprint density at radius 1 is 1.53 bits per heavy atom. The van der Waals surface area contributed by atoms with Gasteiger partial charge in [0.2, 0.25) is 0 Å². The van der Waals surface area contributed by atoms with E-state index in [1.165, 1.54) is 0 Å². The lowest BCUT2D eigenvalue weighted by molar-refractivity contribution is 0.0934. The minimum Gasteiger partial charge on any atom is -0.397 e. The van der Waals surface area contributed by atoms with Gasteiger partial charge < -0.3 is 16.0 Å². The fourth-order valence-corrected chi connectivity index (χ4v) is 1.52. The summed E-state index contributed by atoms with van der Waals surface area (Å²) in [6.07, 6.45) is 3.28. The van der Waals surface area contributed by atoms with E-state index in [9.17, 15) is 4.79 Å². The van der Waals surface area contributed by atoms with Gasteiger partial charge in [0.25, 0.3) is 5.91 Å². The smallest absolute Gasteiger partial charge is 0.268 e. The van der Waals surface area contributed by atoms with Crippen molar-refractivity contribution >= 4 is 11.6 Å². The quantitative estimate of drug-likeness (QED) is 0.746. The fourth-order valence-electron chi connectivity index (χ4n) is 1.52. The SMILES string of the molecule is CC(NC(=O)c1cc(N)c[nH]1)c1ccccn1. The summed E-state index contributed by atoms with van der Waals surface area (Å²) < 4.78 is 0. The third kappa shape index (κ3) is 2.63. The standard InChI is InChI=1S/C12H14N4O/c1-8(10-4-2-3-5-14-10)16-12(17)11-6-9(13)7-15-11/h2-8,15H,13H2,1H3,(H,16,17). The summed E-state index contributed by atoms with van der Waals surface area (Å²) >= 11 is 0. The molecule has 0 aliphatic heterocycles. The van der Waals surface area contributed by atoms with E-state index < -0.39 is 0 Å². The van der Waals surface area contributed by atoms with Gasteiger partial charge in [-0.25, -0.2) is 0 Å². The van der Waals surface area contributed by atoms with Crippen molar-refractivity contribution in [1.29, 1.82) is 0 Å². The van der Waals surface area contributed by atoms with Gasteiger partial charge >= 0.3 is 0 Å². The van der Waals surface area contributed by atoms with Crippen LogP contribution in [0, 0.1) is 0 Å². The Hall–Kier alpha value is -2.30. The lowest BCUT2D eigenvalue weighted by atomic mass is 10.2. The number of nitrogens with two attached hydrogens (primary N) is 1. The predicted octanol–water partition coefficient (Wildman–Crippen LogP) is 1.48. The highest BCUT2D eigenvalue weighted by atomic mass is 16.1. The number of aromatic nitrogens is 2. The molecule has 0 fully saturated rings. The fraction of sp³-hybridized carbons (Fsp3) is 0.167. The van der Waals surface area contributed by atoms with E-state index in [-0.39, 0.29) is 11.9 Å². The number of H-pyrrole nitrogens is 1. The van der Waals surface area contributed by atoms with Crippen molar-refractivity contribution in [1.82, 2.24) is 15.3 Å². The van der Waals surface area contributed by atoms with Crippen LogP contribution in [0.25, 0.3) is 0 Å². The molecule has 2 aromatic heterocycles. The molecule has 1 unspecified atom stereocenters. The summed E-state index contributed by atoms with van der Waals surface area (Å²) in [5.41, 5.74) is 7.35. The van der Waals surface area contributed by atoms with Crippen LogP contribution in [0.3, 0.4) is 0 Å². The van der Waals surface area contributed by atoms with Crippen LogP contribution in [0.15, 0.2) is 36.7 Å². The Morgan fingerprint density at radius 2 is 2.35 bits per heavy atom. The molecule has 0 aliphatic carbocycles. The van der Waals surface area contributed by atoms with Crippen molar-refractivity contribution in [3.05, 3.63) is 48.0 Å². The second-order valence-corrected chi connectivity index (χ2v) is 3.80. The molecule has 2 heterocycles. The lowest BCUT2D eigenvalue weighted by Crippen LogP contribution is -2.27. The predicted molar refractivity (Wildman–Crippen MR) is 65.3 cm³/mol. The summed E-state index contributed by atoms with van der Waals surface area (Å²) in [5.74, 6) is -0.195. The maximum atomic E-state index is 11.8. The molecule has 0 saturated carbocycles.